The van der Waals surface area contributed by atoms with Gasteiger partial charge in [-0.05, 0) is 25.0 Å². The van der Waals surface area contributed by atoms with Crippen LogP contribution in [-0.2, 0) is 14.2 Å². The molecule has 0 aliphatic heterocycles. The zero-order valence-electron chi connectivity index (χ0n) is 8.08. The average molecular weight is 183 g/mol. The van der Waals surface area contributed by atoms with Crippen LogP contribution in [0.15, 0.2) is 23.7 Å². The van der Waals surface area contributed by atoms with E-state index in [2.05, 4.69) is 0 Å². The molecule has 3 heteroatoms. The molecule has 13 heavy (non-hydrogen) atoms. The van der Waals surface area contributed by atoms with E-state index in [4.69, 9.17) is 14.2 Å². The zero-order chi connectivity index (χ0) is 9.52. The van der Waals surface area contributed by atoms with Gasteiger partial charge < -0.3 is 14.2 Å². The number of methoxy groups -OCH3 is 2. The molecule has 0 saturated carbocycles. The number of hydrogen-bond donors (Lipinski definition) is 0. The maximum atomic E-state index is 5.45. The summed E-state index contributed by atoms with van der Waals surface area (Å²) < 4.78 is 15.5. The fourth-order valence-corrected chi connectivity index (χ4v) is 1.07. The van der Waals surface area contributed by atoms with Crippen LogP contribution in [0.5, 0.6) is 0 Å². The van der Waals surface area contributed by atoms with Crippen LogP contribution in [0.3, 0.4) is 0 Å². The van der Waals surface area contributed by atoms with Gasteiger partial charge in [0, 0.05) is 7.11 Å². The van der Waals surface area contributed by atoms with E-state index >= 15 is 0 Å². The molecule has 0 amide bonds. The van der Waals surface area contributed by atoms with Gasteiger partial charge in [0.1, 0.15) is 6.61 Å². The summed E-state index contributed by atoms with van der Waals surface area (Å²) in [4.78, 5) is 0. The van der Waals surface area contributed by atoms with Crippen molar-refractivity contribution in [3.8, 4) is 0 Å². The quantitative estimate of drug-likeness (QED) is 0.607. The Balaban J connectivity index is 2.38. The van der Waals surface area contributed by atoms with Crippen molar-refractivity contribution in [1.82, 2.24) is 0 Å². The van der Waals surface area contributed by atoms with E-state index in [1.165, 1.54) is 0 Å². The highest BCUT2D eigenvalue weighted by atomic mass is 16.5. The molecular formula is C10H15O3. The molecule has 0 bridgehead atoms. The Morgan fingerprint density at radius 3 is 2.77 bits per heavy atom. The summed E-state index contributed by atoms with van der Waals surface area (Å²) in [5.41, 5.74) is 0. The largest absolute Gasteiger partial charge is 0.493 e. The maximum Gasteiger partial charge on any atom is 0.156 e. The SMILES string of the molecule is COCCOC1=CC[CH]C=C1OC. The first kappa shape index (κ1) is 10.1. The Bertz CT molecular complexity index is 206. The maximum absolute atomic E-state index is 5.45. The van der Waals surface area contributed by atoms with Crippen molar-refractivity contribution >= 4 is 0 Å². The second-order valence-electron chi connectivity index (χ2n) is 2.62. The van der Waals surface area contributed by atoms with E-state index in [1.54, 1.807) is 14.2 Å². The Morgan fingerprint density at radius 2 is 2.08 bits per heavy atom. The van der Waals surface area contributed by atoms with Crippen LogP contribution in [-0.4, -0.2) is 27.4 Å². The smallest absolute Gasteiger partial charge is 0.156 e. The van der Waals surface area contributed by atoms with E-state index in [9.17, 15) is 0 Å². The second-order valence-corrected chi connectivity index (χ2v) is 2.62. The molecule has 0 spiro atoms. The molecule has 3 nitrogen and oxygen atoms in total. The van der Waals surface area contributed by atoms with Gasteiger partial charge in [-0.1, -0.05) is 0 Å². The Labute approximate surface area is 79.0 Å². The van der Waals surface area contributed by atoms with Gasteiger partial charge in [0.2, 0.25) is 0 Å². The normalized spacial score (nSPS) is 16.2. The number of rotatable bonds is 5. The summed E-state index contributed by atoms with van der Waals surface area (Å²) in [5, 5.41) is 0. The predicted octanol–water partition coefficient (Wildman–Crippen LogP) is 1.67. The lowest BCUT2D eigenvalue weighted by Gasteiger charge is -2.15. The van der Waals surface area contributed by atoms with Gasteiger partial charge >= 0.3 is 0 Å². The second kappa shape index (κ2) is 5.65. The minimum Gasteiger partial charge on any atom is -0.493 e. The summed E-state index contributed by atoms with van der Waals surface area (Å²) in [6, 6.07) is 0. The summed E-state index contributed by atoms with van der Waals surface area (Å²) >= 11 is 0. The van der Waals surface area contributed by atoms with Crippen molar-refractivity contribution in [2.45, 2.75) is 6.42 Å². The molecule has 0 unspecified atom stereocenters. The van der Waals surface area contributed by atoms with Gasteiger partial charge in [0.15, 0.2) is 11.5 Å². The molecule has 0 atom stereocenters. The molecule has 1 rings (SSSR count). The van der Waals surface area contributed by atoms with Crippen molar-refractivity contribution in [3.63, 3.8) is 0 Å². The van der Waals surface area contributed by atoms with E-state index in [1.807, 2.05) is 18.6 Å². The highest BCUT2D eigenvalue weighted by Crippen LogP contribution is 2.19. The van der Waals surface area contributed by atoms with Crippen LogP contribution in [0, 0.1) is 6.42 Å². The van der Waals surface area contributed by atoms with Crippen LogP contribution in [0.1, 0.15) is 6.42 Å². The summed E-state index contributed by atoms with van der Waals surface area (Å²) in [6.07, 6.45) is 6.84. The van der Waals surface area contributed by atoms with Gasteiger partial charge in [0.25, 0.3) is 0 Å². The molecule has 0 heterocycles. The lowest BCUT2D eigenvalue weighted by molar-refractivity contribution is 0.101. The molecular weight excluding hydrogens is 168 g/mol. The fraction of sp³-hybridized carbons (Fsp3) is 0.500. The molecule has 0 aromatic carbocycles. The third-order valence-electron chi connectivity index (χ3n) is 1.72. The number of ether oxygens (including phenoxy) is 3. The van der Waals surface area contributed by atoms with Crippen LogP contribution in [0.4, 0.5) is 0 Å². The molecule has 1 aliphatic rings. The van der Waals surface area contributed by atoms with Crippen molar-refractivity contribution in [1.29, 1.82) is 0 Å². The van der Waals surface area contributed by atoms with Gasteiger partial charge in [0.05, 0.1) is 13.7 Å². The highest BCUT2D eigenvalue weighted by Gasteiger charge is 2.09. The first-order valence-corrected chi connectivity index (χ1v) is 4.28. The minimum absolute atomic E-state index is 0.559. The molecule has 73 valence electrons. The van der Waals surface area contributed by atoms with Crippen molar-refractivity contribution in [2.24, 2.45) is 0 Å². The molecule has 0 aromatic rings. The topological polar surface area (TPSA) is 27.7 Å². The Morgan fingerprint density at radius 1 is 1.23 bits per heavy atom. The van der Waals surface area contributed by atoms with Crippen LogP contribution in [0.2, 0.25) is 0 Å². The average Bonchev–Trinajstić information content (AvgIpc) is 2.19. The number of hydrogen-bond acceptors (Lipinski definition) is 3. The molecule has 0 aromatic heterocycles. The summed E-state index contributed by atoms with van der Waals surface area (Å²) in [7, 11) is 3.29. The van der Waals surface area contributed by atoms with Crippen molar-refractivity contribution in [2.75, 3.05) is 27.4 Å². The molecule has 0 fully saturated rings. The first-order valence-electron chi connectivity index (χ1n) is 4.28. The van der Waals surface area contributed by atoms with Gasteiger partial charge in [-0.2, -0.15) is 0 Å². The first-order chi connectivity index (χ1) is 6.38. The van der Waals surface area contributed by atoms with Crippen LogP contribution < -0.4 is 0 Å². The van der Waals surface area contributed by atoms with Crippen LogP contribution in [0.25, 0.3) is 0 Å². The third kappa shape index (κ3) is 3.11. The van der Waals surface area contributed by atoms with Crippen molar-refractivity contribution < 1.29 is 14.2 Å². The van der Waals surface area contributed by atoms with E-state index in [-0.39, 0.29) is 0 Å². The third-order valence-corrected chi connectivity index (χ3v) is 1.72. The minimum atomic E-state index is 0.559. The molecule has 0 N–H and O–H groups in total. The predicted molar refractivity (Wildman–Crippen MR) is 49.9 cm³/mol. The van der Waals surface area contributed by atoms with Gasteiger partial charge in [-0.25, -0.2) is 0 Å². The summed E-state index contributed by atoms with van der Waals surface area (Å²) in [6.45, 7) is 1.15. The lowest BCUT2D eigenvalue weighted by atomic mass is 10.1. The number of allylic oxidation sites excluding steroid dienone is 2. The Kier molecular flexibility index (Phi) is 4.40. The van der Waals surface area contributed by atoms with E-state index in [0.717, 1.165) is 17.9 Å². The highest BCUT2D eigenvalue weighted by molar-refractivity contribution is 5.28. The summed E-state index contributed by atoms with van der Waals surface area (Å²) in [5.74, 6) is 1.59. The standard InChI is InChI=1S/C10H15O3/c1-11-7-8-13-10-6-4-3-5-9(10)12-2/h3,5-6H,4,7-8H2,1-2H3. The molecule has 1 radical (unpaired) electrons. The van der Waals surface area contributed by atoms with Crippen LogP contribution >= 0.6 is 0 Å². The molecule has 1 aliphatic carbocycles. The van der Waals surface area contributed by atoms with E-state index in [0.29, 0.717) is 13.2 Å². The Hall–Kier alpha value is -0.960. The van der Waals surface area contributed by atoms with Gasteiger partial charge in [-0.15, -0.1) is 0 Å². The van der Waals surface area contributed by atoms with E-state index < -0.39 is 0 Å². The molecule has 0 saturated heterocycles. The van der Waals surface area contributed by atoms with Gasteiger partial charge in [-0.3, -0.25) is 0 Å². The lowest BCUT2D eigenvalue weighted by Crippen LogP contribution is -2.06. The van der Waals surface area contributed by atoms with Crippen molar-refractivity contribution in [3.05, 3.63) is 30.1 Å². The fourth-order valence-electron chi connectivity index (χ4n) is 1.07. The zero-order valence-corrected chi connectivity index (χ0v) is 8.08. The monoisotopic (exact) mass is 183 g/mol.